The lowest BCUT2D eigenvalue weighted by Crippen LogP contribution is -2.08. The maximum absolute atomic E-state index is 11.2. The van der Waals surface area contributed by atoms with Gasteiger partial charge in [0.05, 0.1) is 10.3 Å². The fourth-order valence-corrected chi connectivity index (χ4v) is 3.52. The summed E-state index contributed by atoms with van der Waals surface area (Å²) in [5.74, 6) is 0.170. The minimum Gasteiger partial charge on any atom is -0.258 e. The number of hydrogen-bond donors (Lipinski definition) is 0. The van der Waals surface area contributed by atoms with Gasteiger partial charge < -0.3 is 0 Å². The van der Waals surface area contributed by atoms with Crippen LogP contribution in [-0.4, -0.2) is 4.92 Å². The fraction of sp³-hybridized carbons (Fsp3) is 0.250. The average Bonchev–Trinajstić information content (AvgIpc) is 2.78. The molecular weight excluding hydrogens is 309 g/mol. The molecule has 2 aromatic rings. The van der Waals surface area contributed by atoms with Crippen molar-refractivity contribution in [3.63, 3.8) is 0 Å². The fourth-order valence-electron chi connectivity index (χ4n) is 2.97. The van der Waals surface area contributed by atoms with Gasteiger partial charge in [0.2, 0.25) is 0 Å². The van der Waals surface area contributed by atoms with Gasteiger partial charge in [0, 0.05) is 16.7 Å². The molecular formula is C16H13Cl2NO2. The number of benzene rings is 2. The van der Waals surface area contributed by atoms with E-state index in [4.69, 9.17) is 23.2 Å². The maximum atomic E-state index is 11.2. The van der Waals surface area contributed by atoms with Crippen LogP contribution in [0.1, 0.15) is 22.1 Å². The summed E-state index contributed by atoms with van der Waals surface area (Å²) in [4.78, 5) is 10.8. The van der Waals surface area contributed by atoms with Crippen molar-refractivity contribution in [2.75, 3.05) is 0 Å². The zero-order valence-corrected chi connectivity index (χ0v) is 12.6. The van der Waals surface area contributed by atoms with Gasteiger partial charge >= 0.3 is 0 Å². The first-order valence-corrected chi connectivity index (χ1v) is 7.52. The van der Waals surface area contributed by atoms with Crippen LogP contribution < -0.4 is 0 Å². The summed E-state index contributed by atoms with van der Waals surface area (Å²) in [6.07, 6.45) is 1.43. The molecule has 0 aliphatic heterocycles. The number of nitro benzene ring substituents is 1. The van der Waals surface area contributed by atoms with Crippen molar-refractivity contribution >= 4 is 28.9 Å². The first-order valence-electron chi connectivity index (χ1n) is 6.71. The summed E-state index contributed by atoms with van der Waals surface area (Å²) in [6.45, 7) is 0. The van der Waals surface area contributed by atoms with E-state index in [9.17, 15) is 10.1 Å². The summed E-state index contributed by atoms with van der Waals surface area (Å²) >= 11 is 12.4. The van der Waals surface area contributed by atoms with Crippen LogP contribution in [0.2, 0.25) is 5.02 Å². The molecule has 0 aromatic heterocycles. The Morgan fingerprint density at radius 1 is 1.24 bits per heavy atom. The minimum absolute atomic E-state index is 0.0716. The van der Waals surface area contributed by atoms with E-state index < -0.39 is 0 Å². The normalized spacial score (nSPS) is 20.3. The van der Waals surface area contributed by atoms with E-state index in [2.05, 4.69) is 6.07 Å². The third-order valence-electron chi connectivity index (χ3n) is 3.97. The van der Waals surface area contributed by atoms with Crippen molar-refractivity contribution in [1.82, 2.24) is 0 Å². The van der Waals surface area contributed by atoms with E-state index in [-0.39, 0.29) is 21.9 Å². The van der Waals surface area contributed by atoms with Gasteiger partial charge in [-0.3, -0.25) is 10.1 Å². The highest BCUT2D eigenvalue weighted by molar-refractivity contribution is 6.30. The van der Waals surface area contributed by atoms with Crippen LogP contribution in [0, 0.1) is 16.0 Å². The Bertz CT molecular complexity index is 702. The SMILES string of the molecule is O=[N+]([O-])c1cc(Cl)ccc1CC1Cc2ccccc2C1Cl. The quantitative estimate of drug-likeness (QED) is 0.456. The average molecular weight is 322 g/mol. The lowest BCUT2D eigenvalue weighted by atomic mass is 9.95. The second-order valence-corrected chi connectivity index (χ2v) is 6.21. The molecule has 108 valence electrons. The number of rotatable bonds is 3. The molecule has 2 unspecified atom stereocenters. The molecule has 0 heterocycles. The molecule has 3 rings (SSSR count). The highest BCUT2D eigenvalue weighted by Gasteiger charge is 2.32. The molecule has 2 aromatic carbocycles. The standard InChI is InChI=1S/C16H13Cl2NO2/c17-13-6-5-11(15(9-13)19(20)21)8-12-7-10-3-1-2-4-14(10)16(12)18/h1-6,9,12,16H,7-8H2. The van der Waals surface area contributed by atoms with Gasteiger partial charge in [-0.05, 0) is 36.0 Å². The number of fused-ring (bicyclic) bond motifs is 1. The molecule has 2 atom stereocenters. The molecule has 1 aliphatic carbocycles. The van der Waals surface area contributed by atoms with E-state index in [1.807, 2.05) is 18.2 Å². The Balaban J connectivity index is 1.88. The first kappa shape index (κ1) is 14.4. The molecule has 0 amide bonds. The van der Waals surface area contributed by atoms with Crippen LogP contribution in [-0.2, 0) is 12.8 Å². The Kier molecular flexibility index (Phi) is 3.87. The zero-order valence-electron chi connectivity index (χ0n) is 11.1. The number of nitrogens with zero attached hydrogens (tertiary/aromatic N) is 1. The molecule has 0 spiro atoms. The molecule has 0 saturated heterocycles. The molecule has 0 fully saturated rings. The number of nitro groups is 1. The lowest BCUT2D eigenvalue weighted by Gasteiger charge is -2.14. The summed E-state index contributed by atoms with van der Waals surface area (Å²) in [7, 11) is 0. The topological polar surface area (TPSA) is 43.1 Å². The van der Waals surface area contributed by atoms with Crippen LogP contribution in [0.15, 0.2) is 42.5 Å². The Morgan fingerprint density at radius 3 is 2.71 bits per heavy atom. The molecule has 5 heteroatoms. The Labute approximate surface area is 132 Å². The van der Waals surface area contributed by atoms with Crippen molar-refractivity contribution in [3.8, 4) is 0 Å². The van der Waals surface area contributed by atoms with E-state index in [0.717, 1.165) is 12.0 Å². The maximum Gasteiger partial charge on any atom is 0.274 e. The monoisotopic (exact) mass is 321 g/mol. The van der Waals surface area contributed by atoms with Gasteiger partial charge in [0.15, 0.2) is 0 Å². The van der Waals surface area contributed by atoms with Gasteiger partial charge in [-0.2, -0.15) is 0 Å². The second-order valence-electron chi connectivity index (χ2n) is 5.30. The number of alkyl halides is 1. The van der Waals surface area contributed by atoms with Crippen LogP contribution in [0.25, 0.3) is 0 Å². The minimum atomic E-state index is -0.382. The molecule has 1 aliphatic rings. The van der Waals surface area contributed by atoms with Gasteiger partial charge in [-0.25, -0.2) is 0 Å². The Hall–Kier alpha value is -1.58. The summed E-state index contributed by atoms with van der Waals surface area (Å²) in [5, 5.41) is 11.4. The molecule has 0 N–H and O–H groups in total. The van der Waals surface area contributed by atoms with E-state index in [0.29, 0.717) is 17.0 Å². The van der Waals surface area contributed by atoms with E-state index in [1.165, 1.54) is 11.6 Å². The van der Waals surface area contributed by atoms with Gasteiger partial charge in [-0.1, -0.05) is 41.9 Å². The van der Waals surface area contributed by atoms with Crippen molar-refractivity contribution in [1.29, 1.82) is 0 Å². The van der Waals surface area contributed by atoms with Crippen molar-refractivity contribution < 1.29 is 4.92 Å². The van der Waals surface area contributed by atoms with Gasteiger partial charge in [0.1, 0.15) is 0 Å². The molecule has 0 radical (unpaired) electrons. The van der Waals surface area contributed by atoms with Gasteiger partial charge in [0.25, 0.3) is 5.69 Å². The largest absolute Gasteiger partial charge is 0.274 e. The lowest BCUT2D eigenvalue weighted by molar-refractivity contribution is -0.385. The molecule has 3 nitrogen and oxygen atoms in total. The first-order chi connectivity index (χ1) is 10.1. The molecule has 21 heavy (non-hydrogen) atoms. The van der Waals surface area contributed by atoms with Crippen molar-refractivity contribution in [3.05, 3.63) is 74.3 Å². The predicted octanol–water partition coefficient (Wildman–Crippen LogP) is 4.94. The van der Waals surface area contributed by atoms with Crippen LogP contribution in [0.3, 0.4) is 0 Å². The second kappa shape index (κ2) is 5.66. The van der Waals surface area contributed by atoms with Crippen LogP contribution in [0.4, 0.5) is 5.69 Å². The summed E-state index contributed by atoms with van der Waals surface area (Å²) in [6, 6.07) is 12.9. The van der Waals surface area contributed by atoms with Crippen LogP contribution >= 0.6 is 23.2 Å². The van der Waals surface area contributed by atoms with E-state index >= 15 is 0 Å². The van der Waals surface area contributed by atoms with Crippen molar-refractivity contribution in [2.45, 2.75) is 18.2 Å². The third kappa shape index (κ3) is 2.76. The highest BCUT2D eigenvalue weighted by Crippen LogP contribution is 2.43. The summed E-state index contributed by atoms with van der Waals surface area (Å²) < 4.78 is 0. The Morgan fingerprint density at radius 2 is 2.00 bits per heavy atom. The predicted molar refractivity (Wildman–Crippen MR) is 84.0 cm³/mol. The van der Waals surface area contributed by atoms with Crippen molar-refractivity contribution in [2.24, 2.45) is 5.92 Å². The zero-order chi connectivity index (χ0) is 15.0. The third-order valence-corrected chi connectivity index (χ3v) is 4.80. The molecule has 0 bridgehead atoms. The van der Waals surface area contributed by atoms with Gasteiger partial charge in [-0.15, -0.1) is 11.6 Å². The molecule has 0 saturated carbocycles. The van der Waals surface area contributed by atoms with E-state index in [1.54, 1.807) is 12.1 Å². The summed E-state index contributed by atoms with van der Waals surface area (Å²) in [5.41, 5.74) is 3.13. The number of hydrogen-bond acceptors (Lipinski definition) is 2. The number of halogens is 2. The smallest absolute Gasteiger partial charge is 0.258 e. The van der Waals surface area contributed by atoms with Crippen LogP contribution in [0.5, 0.6) is 0 Å². The highest BCUT2D eigenvalue weighted by atomic mass is 35.5.